The van der Waals surface area contributed by atoms with Crippen molar-refractivity contribution in [2.75, 3.05) is 0 Å². The Labute approximate surface area is 157 Å². The number of nitrogens with one attached hydrogen (secondary N) is 2. The highest BCUT2D eigenvalue weighted by Crippen LogP contribution is 2.25. The van der Waals surface area contributed by atoms with Gasteiger partial charge in [-0.05, 0) is 36.4 Å². The van der Waals surface area contributed by atoms with Crippen molar-refractivity contribution in [2.24, 2.45) is 0 Å². The Balaban J connectivity index is 1.75. The molecule has 3 aromatic carbocycles. The van der Waals surface area contributed by atoms with Gasteiger partial charge in [0.15, 0.2) is 0 Å². The van der Waals surface area contributed by atoms with E-state index >= 15 is 0 Å². The Morgan fingerprint density at radius 2 is 1.32 bits per heavy atom. The summed E-state index contributed by atoms with van der Waals surface area (Å²) in [7, 11) is 0. The van der Waals surface area contributed by atoms with Crippen LogP contribution in [0.4, 0.5) is 0 Å². The summed E-state index contributed by atoms with van der Waals surface area (Å²) in [6, 6.07) is 23.2. The fraction of sp³-hybridized carbons (Fsp3) is 0. The van der Waals surface area contributed by atoms with Crippen molar-refractivity contribution < 1.29 is 0 Å². The molecule has 7 nitrogen and oxygen atoms in total. The van der Waals surface area contributed by atoms with Crippen LogP contribution in [0.5, 0.6) is 0 Å². The average molecular weight is 366 g/mol. The second-order valence-corrected chi connectivity index (χ2v) is 6.60. The molecule has 2 N–H and O–H groups in total. The van der Waals surface area contributed by atoms with Crippen LogP contribution in [-0.2, 0) is 0 Å². The van der Waals surface area contributed by atoms with E-state index in [4.69, 9.17) is 9.97 Å². The van der Waals surface area contributed by atoms with Gasteiger partial charge in [-0.15, -0.1) is 0 Å². The zero-order valence-electron chi connectivity index (χ0n) is 14.6. The number of benzene rings is 3. The Bertz CT molecular complexity index is 1510. The minimum Gasteiger partial charge on any atom is -0.323 e. The van der Waals surface area contributed by atoms with Gasteiger partial charge in [0.2, 0.25) is 11.9 Å². The molecule has 6 aromatic rings. The lowest BCUT2D eigenvalue weighted by Gasteiger charge is -2.06. The maximum atomic E-state index is 12.8. The van der Waals surface area contributed by atoms with Gasteiger partial charge in [0.25, 0.3) is 0 Å². The molecule has 0 unspecified atom stereocenters. The first-order valence-corrected chi connectivity index (χ1v) is 8.92. The smallest absolute Gasteiger partial charge is 0.323 e. The monoisotopic (exact) mass is 366 g/mol. The standard InChI is InChI=1S/C21H14N6O/c28-21-25-16-10-4-6-12-18(16)27(21)20-24-15-9-3-5-11-17(15)26(20)19-22-13-7-1-2-8-14(13)23-19/h1-12H,(H,22,23)(H,25,28). The Hall–Kier alpha value is -4.13. The minimum atomic E-state index is -0.242. The maximum Gasteiger partial charge on any atom is 0.333 e. The Morgan fingerprint density at radius 1 is 0.643 bits per heavy atom. The largest absolute Gasteiger partial charge is 0.333 e. The third-order valence-corrected chi connectivity index (χ3v) is 4.92. The first-order valence-electron chi connectivity index (χ1n) is 8.92. The number of nitrogens with zero attached hydrogens (tertiary/aromatic N) is 4. The predicted octanol–water partition coefficient (Wildman–Crippen LogP) is 3.53. The van der Waals surface area contributed by atoms with Gasteiger partial charge < -0.3 is 9.97 Å². The highest BCUT2D eigenvalue weighted by Gasteiger charge is 2.20. The average Bonchev–Trinajstić information content (AvgIpc) is 3.38. The summed E-state index contributed by atoms with van der Waals surface area (Å²) in [5.41, 5.74) is 4.72. The normalized spacial score (nSPS) is 11.7. The molecule has 134 valence electrons. The van der Waals surface area contributed by atoms with Gasteiger partial charge >= 0.3 is 5.69 Å². The quantitative estimate of drug-likeness (QED) is 0.492. The van der Waals surface area contributed by atoms with Crippen LogP contribution in [0.3, 0.4) is 0 Å². The first kappa shape index (κ1) is 15.0. The molecule has 28 heavy (non-hydrogen) atoms. The minimum absolute atomic E-state index is 0.242. The number of imidazole rings is 3. The summed E-state index contributed by atoms with van der Waals surface area (Å²) < 4.78 is 3.47. The zero-order valence-corrected chi connectivity index (χ0v) is 14.6. The van der Waals surface area contributed by atoms with E-state index in [1.165, 1.54) is 0 Å². The van der Waals surface area contributed by atoms with Gasteiger partial charge in [-0.3, -0.25) is 0 Å². The zero-order chi connectivity index (χ0) is 18.7. The van der Waals surface area contributed by atoms with E-state index in [1.807, 2.05) is 77.4 Å². The maximum absolute atomic E-state index is 12.8. The molecule has 0 saturated heterocycles. The second-order valence-electron chi connectivity index (χ2n) is 6.60. The fourth-order valence-electron chi connectivity index (χ4n) is 3.67. The van der Waals surface area contributed by atoms with Gasteiger partial charge in [-0.1, -0.05) is 36.4 Å². The molecule has 0 atom stereocenters. The number of H-pyrrole nitrogens is 2. The molecule has 0 radical (unpaired) electrons. The lowest BCUT2D eigenvalue weighted by molar-refractivity contribution is 0.863. The van der Waals surface area contributed by atoms with Crippen LogP contribution >= 0.6 is 0 Å². The van der Waals surface area contributed by atoms with Gasteiger partial charge in [0.1, 0.15) is 0 Å². The summed E-state index contributed by atoms with van der Waals surface area (Å²) in [5, 5.41) is 0. The van der Waals surface area contributed by atoms with E-state index in [-0.39, 0.29) is 5.69 Å². The molecule has 0 bridgehead atoms. The SMILES string of the molecule is O=c1[nH]c2ccccc2n1-c1nc2ccccc2n1-c1nc2ccccc2[nH]1. The van der Waals surface area contributed by atoms with Crippen LogP contribution in [-0.4, -0.2) is 29.1 Å². The summed E-state index contributed by atoms with van der Waals surface area (Å²) in [4.78, 5) is 28.5. The number of hydrogen-bond acceptors (Lipinski definition) is 3. The van der Waals surface area contributed by atoms with Crippen LogP contribution in [0.1, 0.15) is 0 Å². The molecular formula is C21H14N6O. The van der Waals surface area contributed by atoms with Gasteiger partial charge in [-0.2, -0.15) is 0 Å². The van der Waals surface area contributed by atoms with Crippen LogP contribution in [0.15, 0.2) is 77.6 Å². The van der Waals surface area contributed by atoms with E-state index in [9.17, 15) is 4.79 Å². The Kier molecular flexibility index (Phi) is 2.91. The molecule has 0 amide bonds. The number of aromatic nitrogens is 6. The summed E-state index contributed by atoms with van der Waals surface area (Å²) >= 11 is 0. The molecule has 6 rings (SSSR count). The molecule has 7 heteroatoms. The van der Waals surface area contributed by atoms with Crippen LogP contribution in [0.2, 0.25) is 0 Å². The van der Waals surface area contributed by atoms with Gasteiger partial charge in [0, 0.05) is 0 Å². The van der Waals surface area contributed by atoms with Crippen molar-refractivity contribution >= 4 is 33.1 Å². The number of aromatic amines is 2. The first-order chi connectivity index (χ1) is 13.8. The van der Waals surface area contributed by atoms with Crippen molar-refractivity contribution in [3.05, 3.63) is 83.3 Å². The Morgan fingerprint density at radius 3 is 2.14 bits per heavy atom. The van der Waals surface area contributed by atoms with Crippen LogP contribution < -0.4 is 5.69 Å². The van der Waals surface area contributed by atoms with Gasteiger partial charge in [-0.25, -0.2) is 23.9 Å². The fourth-order valence-corrected chi connectivity index (χ4v) is 3.67. The van der Waals surface area contributed by atoms with Crippen molar-refractivity contribution in [1.29, 1.82) is 0 Å². The second kappa shape index (κ2) is 5.43. The number of hydrogen-bond donors (Lipinski definition) is 2. The summed E-state index contributed by atoms with van der Waals surface area (Å²) in [5.74, 6) is 1.10. The third kappa shape index (κ3) is 2.01. The predicted molar refractivity (Wildman–Crippen MR) is 108 cm³/mol. The van der Waals surface area contributed by atoms with Crippen molar-refractivity contribution in [2.45, 2.75) is 0 Å². The third-order valence-electron chi connectivity index (χ3n) is 4.92. The lowest BCUT2D eigenvalue weighted by Crippen LogP contribution is -2.19. The molecule has 0 saturated carbocycles. The van der Waals surface area contributed by atoms with Crippen LogP contribution in [0, 0.1) is 0 Å². The van der Waals surface area contributed by atoms with E-state index in [0.29, 0.717) is 11.9 Å². The van der Waals surface area contributed by atoms with Crippen molar-refractivity contribution in [3.63, 3.8) is 0 Å². The van der Waals surface area contributed by atoms with Crippen molar-refractivity contribution in [3.8, 4) is 11.9 Å². The molecule has 0 spiro atoms. The van der Waals surface area contributed by atoms with E-state index in [2.05, 4.69) is 9.97 Å². The molecule has 3 heterocycles. The lowest BCUT2D eigenvalue weighted by atomic mass is 10.3. The number of para-hydroxylation sites is 6. The molecule has 0 fully saturated rings. The molecule has 0 aliphatic carbocycles. The number of rotatable bonds is 2. The van der Waals surface area contributed by atoms with Gasteiger partial charge in [0.05, 0.1) is 33.1 Å². The molecule has 3 aromatic heterocycles. The molecule has 0 aliphatic heterocycles. The van der Waals surface area contributed by atoms with Crippen LogP contribution in [0.25, 0.3) is 45.0 Å². The highest BCUT2D eigenvalue weighted by molar-refractivity contribution is 5.83. The summed E-state index contributed by atoms with van der Waals surface area (Å²) in [6.45, 7) is 0. The van der Waals surface area contributed by atoms with E-state index in [0.717, 1.165) is 33.1 Å². The molecular weight excluding hydrogens is 352 g/mol. The van der Waals surface area contributed by atoms with E-state index < -0.39 is 0 Å². The summed E-state index contributed by atoms with van der Waals surface area (Å²) in [6.07, 6.45) is 0. The van der Waals surface area contributed by atoms with E-state index in [1.54, 1.807) is 4.57 Å². The molecule has 0 aliphatic rings. The van der Waals surface area contributed by atoms with Crippen molar-refractivity contribution in [1.82, 2.24) is 29.1 Å². The highest BCUT2D eigenvalue weighted by atomic mass is 16.1. The number of fused-ring (bicyclic) bond motifs is 3. The topological polar surface area (TPSA) is 84.3 Å².